The standard InChI is InChI=1S/C15H21N3OS/c1-15(17,14(16)19)8-4-5-9-20-13-10-11-6-2-3-7-12(11)18-13/h2-3,6-7,10,18H,4-5,8-9,17H2,1H3,(H2,16,19). The van der Waals surface area contributed by atoms with Crippen molar-refractivity contribution < 1.29 is 4.79 Å². The van der Waals surface area contributed by atoms with E-state index in [9.17, 15) is 4.79 Å². The topological polar surface area (TPSA) is 84.9 Å². The molecule has 0 aliphatic heterocycles. The fraction of sp³-hybridized carbons (Fsp3) is 0.400. The van der Waals surface area contributed by atoms with Gasteiger partial charge in [-0.3, -0.25) is 4.79 Å². The predicted molar refractivity (Wildman–Crippen MR) is 84.7 cm³/mol. The lowest BCUT2D eigenvalue weighted by Crippen LogP contribution is -2.49. The van der Waals surface area contributed by atoms with Crippen LogP contribution in [0.4, 0.5) is 0 Å². The fourth-order valence-corrected chi connectivity index (χ4v) is 2.98. The third-order valence-electron chi connectivity index (χ3n) is 3.42. The predicted octanol–water partition coefficient (Wildman–Crippen LogP) is 2.63. The van der Waals surface area contributed by atoms with E-state index in [0.29, 0.717) is 6.42 Å². The first-order valence-corrected chi connectivity index (χ1v) is 7.77. The van der Waals surface area contributed by atoms with Crippen LogP contribution in [-0.4, -0.2) is 22.2 Å². The van der Waals surface area contributed by atoms with Gasteiger partial charge in [0, 0.05) is 10.9 Å². The third-order valence-corrected chi connectivity index (χ3v) is 4.44. The summed E-state index contributed by atoms with van der Waals surface area (Å²) < 4.78 is 0. The summed E-state index contributed by atoms with van der Waals surface area (Å²) in [6, 6.07) is 10.4. The summed E-state index contributed by atoms with van der Waals surface area (Å²) in [4.78, 5) is 14.5. The van der Waals surface area contributed by atoms with E-state index in [1.165, 1.54) is 15.9 Å². The minimum atomic E-state index is -0.883. The molecular formula is C15H21N3OS. The molecule has 2 rings (SSSR count). The minimum Gasteiger partial charge on any atom is -0.368 e. The van der Waals surface area contributed by atoms with Crippen molar-refractivity contribution in [2.45, 2.75) is 36.8 Å². The van der Waals surface area contributed by atoms with Crippen LogP contribution in [0.25, 0.3) is 10.9 Å². The maximum atomic E-state index is 11.1. The summed E-state index contributed by atoms with van der Waals surface area (Å²) in [7, 11) is 0. The van der Waals surface area contributed by atoms with Gasteiger partial charge in [-0.1, -0.05) is 24.6 Å². The summed E-state index contributed by atoms with van der Waals surface area (Å²) in [5.41, 5.74) is 11.3. The smallest absolute Gasteiger partial charge is 0.237 e. The maximum absolute atomic E-state index is 11.1. The molecule has 0 aliphatic rings. The van der Waals surface area contributed by atoms with E-state index in [0.717, 1.165) is 18.6 Å². The molecule has 2 aromatic rings. The molecule has 1 atom stereocenters. The zero-order valence-corrected chi connectivity index (χ0v) is 12.5. The number of hydrogen-bond donors (Lipinski definition) is 3. The van der Waals surface area contributed by atoms with E-state index in [1.54, 1.807) is 18.7 Å². The molecule has 5 N–H and O–H groups in total. The van der Waals surface area contributed by atoms with Crippen molar-refractivity contribution in [1.29, 1.82) is 0 Å². The Morgan fingerprint density at radius 2 is 2.10 bits per heavy atom. The van der Waals surface area contributed by atoms with Gasteiger partial charge >= 0.3 is 0 Å². The van der Waals surface area contributed by atoms with Crippen LogP contribution in [0.5, 0.6) is 0 Å². The molecule has 1 heterocycles. The van der Waals surface area contributed by atoms with Gasteiger partial charge in [-0.25, -0.2) is 0 Å². The molecule has 0 bridgehead atoms. The number of nitrogens with two attached hydrogens (primary N) is 2. The number of unbranched alkanes of at least 4 members (excludes halogenated alkanes) is 1. The Morgan fingerprint density at radius 3 is 2.80 bits per heavy atom. The van der Waals surface area contributed by atoms with Gasteiger partial charge in [0.05, 0.1) is 10.6 Å². The summed E-state index contributed by atoms with van der Waals surface area (Å²) in [5.74, 6) is 0.572. The monoisotopic (exact) mass is 291 g/mol. The maximum Gasteiger partial charge on any atom is 0.237 e. The van der Waals surface area contributed by atoms with Crippen LogP contribution in [0.3, 0.4) is 0 Å². The highest BCUT2D eigenvalue weighted by Gasteiger charge is 2.24. The number of aromatic amines is 1. The molecule has 5 heteroatoms. The number of H-pyrrole nitrogens is 1. The highest BCUT2D eigenvalue weighted by molar-refractivity contribution is 7.99. The Bertz CT molecular complexity index is 559. The minimum absolute atomic E-state index is 0.430. The molecule has 4 nitrogen and oxygen atoms in total. The second-order valence-corrected chi connectivity index (χ2v) is 6.44. The Hall–Kier alpha value is -1.46. The van der Waals surface area contributed by atoms with Crippen LogP contribution in [0.15, 0.2) is 35.4 Å². The number of amides is 1. The molecule has 0 saturated heterocycles. The van der Waals surface area contributed by atoms with Crippen LogP contribution in [0.2, 0.25) is 0 Å². The second kappa shape index (κ2) is 6.33. The lowest BCUT2D eigenvalue weighted by molar-refractivity contribution is -0.122. The molecule has 0 radical (unpaired) electrons. The van der Waals surface area contributed by atoms with Gasteiger partial charge < -0.3 is 16.5 Å². The van der Waals surface area contributed by atoms with Crippen LogP contribution >= 0.6 is 11.8 Å². The summed E-state index contributed by atoms with van der Waals surface area (Å²) >= 11 is 1.79. The number of aromatic nitrogens is 1. The summed E-state index contributed by atoms with van der Waals surface area (Å²) in [6.07, 6.45) is 2.55. The number of fused-ring (bicyclic) bond motifs is 1. The molecule has 108 valence electrons. The Morgan fingerprint density at radius 1 is 1.35 bits per heavy atom. The van der Waals surface area contributed by atoms with Crippen molar-refractivity contribution in [3.8, 4) is 0 Å². The van der Waals surface area contributed by atoms with Gasteiger partial charge in [0.2, 0.25) is 5.91 Å². The highest BCUT2D eigenvalue weighted by Crippen LogP contribution is 2.24. The number of benzene rings is 1. The lowest BCUT2D eigenvalue weighted by Gasteiger charge is -2.19. The van der Waals surface area contributed by atoms with E-state index in [1.807, 2.05) is 12.1 Å². The number of nitrogens with one attached hydrogen (secondary N) is 1. The van der Waals surface area contributed by atoms with Crippen molar-refractivity contribution >= 4 is 28.6 Å². The number of para-hydroxylation sites is 1. The molecule has 0 fully saturated rings. The lowest BCUT2D eigenvalue weighted by atomic mass is 9.96. The Balaban J connectivity index is 1.75. The van der Waals surface area contributed by atoms with E-state index >= 15 is 0 Å². The molecule has 0 aliphatic carbocycles. The Kier molecular flexibility index (Phi) is 4.73. The first kappa shape index (κ1) is 14.9. The van der Waals surface area contributed by atoms with Crippen LogP contribution in [-0.2, 0) is 4.79 Å². The second-order valence-electron chi connectivity index (χ2n) is 5.31. The van der Waals surface area contributed by atoms with Crippen LogP contribution in [0.1, 0.15) is 26.2 Å². The first-order chi connectivity index (χ1) is 9.49. The normalized spacial score (nSPS) is 14.3. The molecule has 1 amide bonds. The van der Waals surface area contributed by atoms with Crippen molar-refractivity contribution in [3.63, 3.8) is 0 Å². The van der Waals surface area contributed by atoms with Gasteiger partial charge in [0.15, 0.2) is 0 Å². The quantitative estimate of drug-likeness (QED) is 0.541. The number of rotatable bonds is 7. The molecule has 0 saturated carbocycles. The van der Waals surface area contributed by atoms with E-state index in [2.05, 4.69) is 23.2 Å². The van der Waals surface area contributed by atoms with E-state index < -0.39 is 11.4 Å². The molecule has 1 aromatic carbocycles. The van der Waals surface area contributed by atoms with Crippen molar-refractivity contribution in [2.75, 3.05) is 5.75 Å². The number of carbonyl (C=O) groups excluding carboxylic acids is 1. The molecule has 1 aromatic heterocycles. The number of thioether (sulfide) groups is 1. The van der Waals surface area contributed by atoms with Gasteiger partial charge in [0.1, 0.15) is 0 Å². The van der Waals surface area contributed by atoms with E-state index in [4.69, 9.17) is 11.5 Å². The number of hydrogen-bond acceptors (Lipinski definition) is 3. The fourth-order valence-electron chi connectivity index (χ4n) is 2.02. The summed E-state index contributed by atoms with van der Waals surface area (Å²) in [5, 5.41) is 2.41. The van der Waals surface area contributed by atoms with Crippen molar-refractivity contribution in [2.24, 2.45) is 11.5 Å². The van der Waals surface area contributed by atoms with Gasteiger partial charge in [-0.2, -0.15) is 0 Å². The van der Waals surface area contributed by atoms with Crippen molar-refractivity contribution in [3.05, 3.63) is 30.3 Å². The van der Waals surface area contributed by atoms with Gasteiger partial charge in [0.25, 0.3) is 0 Å². The van der Waals surface area contributed by atoms with Crippen LogP contribution in [0, 0.1) is 0 Å². The largest absolute Gasteiger partial charge is 0.368 e. The van der Waals surface area contributed by atoms with E-state index in [-0.39, 0.29) is 0 Å². The average Bonchev–Trinajstić information content (AvgIpc) is 2.80. The zero-order chi connectivity index (χ0) is 14.6. The SMILES string of the molecule is CC(N)(CCCCSc1cc2ccccc2[nH]1)C(N)=O. The molecular weight excluding hydrogens is 270 g/mol. The zero-order valence-electron chi connectivity index (χ0n) is 11.7. The first-order valence-electron chi connectivity index (χ1n) is 6.78. The third kappa shape index (κ3) is 3.77. The number of carbonyl (C=O) groups is 1. The van der Waals surface area contributed by atoms with Crippen molar-refractivity contribution in [1.82, 2.24) is 4.98 Å². The highest BCUT2D eigenvalue weighted by atomic mass is 32.2. The Labute approximate surface area is 123 Å². The van der Waals surface area contributed by atoms with Gasteiger partial charge in [-0.15, -0.1) is 11.8 Å². The molecule has 1 unspecified atom stereocenters. The molecule has 20 heavy (non-hydrogen) atoms. The molecule has 0 spiro atoms. The van der Waals surface area contributed by atoms with Gasteiger partial charge in [-0.05, 0) is 37.7 Å². The van der Waals surface area contributed by atoms with Crippen LogP contribution < -0.4 is 11.5 Å². The summed E-state index contributed by atoms with van der Waals surface area (Å²) in [6.45, 7) is 1.69. The average molecular weight is 291 g/mol. The number of primary amides is 1.